The maximum absolute atomic E-state index is 11.7. The molecule has 0 fully saturated rings. The summed E-state index contributed by atoms with van der Waals surface area (Å²) in [5, 5.41) is 4.80. The van der Waals surface area contributed by atoms with Crippen LogP contribution < -0.4 is 25.0 Å². The number of urea groups is 1. The summed E-state index contributed by atoms with van der Waals surface area (Å²) in [7, 11) is 1.89. The third-order valence-electron chi connectivity index (χ3n) is 3.00. The molecule has 0 aliphatic carbocycles. The zero-order valence-corrected chi connectivity index (χ0v) is 12.2. The smallest absolute Gasteiger partial charge is 0.321 e. The van der Waals surface area contributed by atoms with Crippen molar-refractivity contribution in [2.75, 3.05) is 26.9 Å². The number of likely N-dealkylation sites (N-methyl/N-ethyl adjacent to an activating group) is 1. The van der Waals surface area contributed by atoms with Gasteiger partial charge in [-0.15, -0.1) is 0 Å². The number of carbonyl (C=O) groups excluding carboxylic acids is 2. The van der Waals surface area contributed by atoms with Crippen molar-refractivity contribution in [3.05, 3.63) is 23.8 Å². The van der Waals surface area contributed by atoms with Crippen LogP contribution in [0, 0.1) is 0 Å². The molecule has 7 nitrogen and oxygen atoms in total. The van der Waals surface area contributed by atoms with Crippen LogP contribution in [0.4, 0.5) is 4.79 Å². The van der Waals surface area contributed by atoms with Crippen molar-refractivity contribution in [1.29, 1.82) is 0 Å². The molecule has 1 heterocycles. The largest absolute Gasteiger partial charge is 0.454 e. The van der Waals surface area contributed by atoms with Gasteiger partial charge in [0.2, 0.25) is 6.79 Å². The fourth-order valence-corrected chi connectivity index (χ4v) is 2.11. The van der Waals surface area contributed by atoms with E-state index in [1.54, 1.807) is 6.92 Å². The minimum atomic E-state index is -0.460. The highest BCUT2D eigenvalue weighted by molar-refractivity contribution is 5.94. The van der Waals surface area contributed by atoms with Crippen molar-refractivity contribution in [3.8, 4) is 11.5 Å². The molecule has 7 heteroatoms. The minimum absolute atomic E-state index is 0.214. The Morgan fingerprint density at radius 2 is 2.05 bits per heavy atom. The standard InChI is InChI=1S/C14H19N3O4/c1-3-15-14(19)16-13(18)8-17(2)7-10-4-5-11-12(6-10)21-9-20-11/h4-6H,3,7-9H2,1-2H3,(H2,15,16,18,19)/p+1. The second kappa shape index (κ2) is 6.94. The van der Waals surface area contributed by atoms with Gasteiger partial charge in [-0.3, -0.25) is 10.1 Å². The van der Waals surface area contributed by atoms with Crippen molar-refractivity contribution in [3.63, 3.8) is 0 Å². The van der Waals surface area contributed by atoms with E-state index in [2.05, 4.69) is 10.6 Å². The van der Waals surface area contributed by atoms with Gasteiger partial charge in [-0.25, -0.2) is 4.79 Å². The molecule has 0 spiro atoms. The molecule has 3 amide bonds. The number of carbonyl (C=O) groups is 2. The molecule has 0 bridgehead atoms. The molecule has 2 rings (SSSR count). The van der Waals surface area contributed by atoms with Crippen LogP contribution in [0.15, 0.2) is 18.2 Å². The van der Waals surface area contributed by atoms with Gasteiger partial charge in [0.05, 0.1) is 7.05 Å². The molecular formula is C14H20N3O4+. The highest BCUT2D eigenvalue weighted by Gasteiger charge is 2.16. The number of imide groups is 1. The van der Waals surface area contributed by atoms with Crippen molar-refractivity contribution < 1.29 is 24.0 Å². The fourth-order valence-electron chi connectivity index (χ4n) is 2.11. The second-order valence-corrected chi connectivity index (χ2v) is 4.91. The molecule has 1 unspecified atom stereocenters. The molecule has 1 aliphatic heterocycles. The van der Waals surface area contributed by atoms with Gasteiger partial charge in [0, 0.05) is 12.1 Å². The van der Waals surface area contributed by atoms with Crippen LogP contribution in [0.5, 0.6) is 11.5 Å². The number of nitrogens with one attached hydrogen (secondary N) is 3. The Hall–Kier alpha value is -2.28. The number of hydrogen-bond acceptors (Lipinski definition) is 4. The van der Waals surface area contributed by atoms with Gasteiger partial charge >= 0.3 is 6.03 Å². The van der Waals surface area contributed by atoms with Crippen molar-refractivity contribution in [1.82, 2.24) is 10.6 Å². The van der Waals surface area contributed by atoms with Gasteiger partial charge < -0.3 is 19.7 Å². The molecule has 21 heavy (non-hydrogen) atoms. The van der Waals surface area contributed by atoms with Gasteiger partial charge in [0.25, 0.3) is 5.91 Å². The number of rotatable bonds is 5. The van der Waals surface area contributed by atoms with Gasteiger partial charge in [0.1, 0.15) is 6.54 Å². The van der Waals surface area contributed by atoms with E-state index in [0.29, 0.717) is 13.1 Å². The Morgan fingerprint density at radius 3 is 2.81 bits per heavy atom. The topological polar surface area (TPSA) is 81.1 Å². The van der Waals surface area contributed by atoms with E-state index < -0.39 is 6.03 Å². The van der Waals surface area contributed by atoms with Gasteiger partial charge in [-0.2, -0.15) is 0 Å². The van der Waals surface area contributed by atoms with Gasteiger partial charge in [0.15, 0.2) is 18.0 Å². The van der Waals surface area contributed by atoms with Crippen LogP contribution in [0.2, 0.25) is 0 Å². The number of benzene rings is 1. The van der Waals surface area contributed by atoms with E-state index in [9.17, 15) is 9.59 Å². The molecule has 1 aromatic rings. The number of ether oxygens (including phenoxy) is 2. The summed E-state index contributed by atoms with van der Waals surface area (Å²) in [4.78, 5) is 23.9. The maximum atomic E-state index is 11.7. The number of fused-ring (bicyclic) bond motifs is 1. The summed E-state index contributed by atoms with van der Waals surface area (Å²) in [5.41, 5.74) is 1.04. The number of amides is 3. The molecule has 1 atom stereocenters. The lowest BCUT2D eigenvalue weighted by Gasteiger charge is -2.14. The third-order valence-corrected chi connectivity index (χ3v) is 3.00. The molecule has 3 N–H and O–H groups in total. The Morgan fingerprint density at radius 1 is 1.29 bits per heavy atom. The van der Waals surface area contributed by atoms with Crippen LogP contribution in [0.25, 0.3) is 0 Å². The van der Waals surface area contributed by atoms with Crippen LogP contribution >= 0.6 is 0 Å². The lowest BCUT2D eigenvalue weighted by atomic mass is 10.2. The van der Waals surface area contributed by atoms with Gasteiger partial charge in [-0.05, 0) is 25.1 Å². The third kappa shape index (κ3) is 4.35. The Labute approximate surface area is 123 Å². The van der Waals surface area contributed by atoms with E-state index in [0.717, 1.165) is 22.0 Å². The summed E-state index contributed by atoms with van der Waals surface area (Å²) in [6.45, 7) is 3.39. The summed E-state index contributed by atoms with van der Waals surface area (Å²) < 4.78 is 10.6. The van der Waals surface area contributed by atoms with Crippen molar-refractivity contribution in [2.45, 2.75) is 13.5 Å². The molecule has 0 saturated heterocycles. The Kier molecular flexibility index (Phi) is 4.99. The predicted octanol–water partition coefficient (Wildman–Crippen LogP) is -0.724. The molecule has 0 aromatic heterocycles. The lowest BCUT2D eigenvalue weighted by molar-refractivity contribution is -0.885. The van der Waals surface area contributed by atoms with E-state index in [4.69, 9.17) is 9.47 Å². The van der Waals surface area contributed by atoms with Crippen LogP contribution in [0.3, 0.4) is 0 Å². The number of quaternary nitrogens is 1. The summed E-state index contributed by atoms with van der Waals surface area (Å²) in [5.74, 6) is 1.16. The summed E-state index contributed by atoms with van der Waals surface area (Å²) >= 11 is 0. The quantitative estimate of drug-likeness (QED) is 0.669. The van der Waals surface area contributed by atoms with E-state index in [1.165, 1.54) is 0 Å². The first-order valence-corrected chi connectivity index (χ1v) is 6.86. The first kappa shape index (κ1) is 15.1. The molecule has 1 aromatic carbocycles. The normalized spacial score (nSPS) is 13.6. The Bertz CT molecular complexity index is 533. The first-order chi connectivity index (χ1) is 10.1. The van der Waals surface area contributed by atoms with Crippen molar-refractivity contribution in [2.24, 2.45) is 0 Å². The van der Waals surface area contributed by atoms with E-state index >= 15 is 0 Å². The first-order valence-electron chi connectivity index (χ1n) is 6.86. The molecule has 0 saturated carbocycles. The minimum Gasteiger partial charge on any atom is -0.454 e. The highest BCUT2D eigenvalue weighted by Crippen LogP contribution is 2.32. The van der Waals surface area contributed by atoms with Gasteiger partial charge in [-0.1, -0.05) is 0 Å². The summed E-state index contributed by atoms with van der Waals surface area (Å²) in [6, 6.07) is 5.25. The average molecular weight is 294 g/mol. The lowest BCUT2D eigenvalue weighted by Crippen LogP contribution is -3.09. The SMILES string of the molecule is CCNC(=O)NC(=O)C[NH+](C)Cc1ccc2c(c1)OCO2. The molecule has 114 valence electrons. The molecular weight excluding hydrogens is 274 g/mol. The average Bonchev–Trinajstić information content (AvgIpc) is 2.85. The van der Waals surface area contributed by atoms with E-state index in [1.807, 2.05) is 25.2 Å². The number of hydrogen-bond donors (Lipinski definition) is 3. The van der Waals surface area contributed by atoms with Crippen LogP contribution in [-0.2, 0) is 11.3 Å². The monoisotopic (exact) mass is 294 g/mol. The van der Waals surface area contributed by atoms with Crippen LogP contribution in [-0.4, -0.2) is 38.9 Å². The Balaban J connectivity index is 1.82. The molecule has 1 aliphatic rings. The van der Waals surface area contributed by atoms with Crippen molar-refractivity contribution >= 4 is 11.9 Å². The van der Waals surface area contributed by atoms with E-state index in [-0.39, 0.29) is 19.2 Å². The zero-order valence-electron chi connectivity index (χ0n) is 12.2. The highest BCUT2D eigenvalue weighted by atomic mass is 16.7. The maximum Gasteiger partial charge on any atom is 0.321 e. The van der Waals surface area contributed by atoms with Crippen LogP contribution in [0.1, 0.15) is 12.5 Å². The zero-order chi connectivity index (χ0) is 15.2. The summed E-state index contributed by atoms with van der Waals surface area (Å²) in [6.07, 6.45) is 0. The fraction of sp³-hybridized carbons (Fsp3) is 0.429. The second-order valence-electron chi connectivity index (χ2n) is 4.91. The molecule has 0 radical (unpaired) electrons. The predicted molar refractivity (Wildman–Crippen MR) is 75.2 cm³/mol.